The fourth-order valence-electron chi connectivity index (χ4n) is 5.93. The number of unbranched alkanes of at least 4 members (excludes halogenated alkanes) is 4. The maximum atomic E-state index is 13.3. The van der Waals surface area contributed by atoms with Crippen molar-refractivity contribution in [3.63, 3.8) is 0 Å². The van der Waals surface area contributed by atoms with E-state index in [1.54, 1.807) is 46.2 Å². The zero-order chi connectivity index (χ0) is 31.7. The van der Waals surface area contributed by atoms with Crippen LogP contribution in [0.25, 0.3) is 11.1 Å². The number of nitrogens with one attached hydrogen (secondary N) is 2. The van der Waals surface area contributed by atoms with Crippen molar-refractivity contribution in [3.8, 4) is 11.1 Å². The molecular formula is C37H56Cl2N2O5. The highest BCUT2D eigenvalue weighted by Gasteiger charge is 2.29. The van der Waals surface area contributed by atoms with Crippen molar-refractivity contribution in [3.05, 3.63) is 58.7 Å². The van der Waals surface area contributed by atoms with Gasteiger partial charge in [-0.25, -0.2) is 9.59 Å². The van der Waals surface area contributed by atoms with Crippen LogP contribution in [0.5, 0.6) is 0 Å². The number of carbonyl (C=O) groups is 3. The summed E-state index contributed by atoms with van der Waals surface area (Å²) in [7, 11) is 0. The highest BCUT2D eigenvalue weighted by molar-refractivity contribution is 6.22. The van der Waals surface area contributed by atoms with E-state index < -0.39 is 11.9 Å². The van der Waals surface area contributed by atoms with Gasteiger partial charge in [0.05, 0.1) is 63.6 Å². The van der Waals surface area contributed by atoms with Crippen LogP contribution in [0.3, 0.4) is 0 Å². The van der Waals surface area contributed by atoms with Gasteiger partial charge >= 0.3 is 11.9 Å². The molecule has 9 heteroatoms. The van der Waals surface area contributed by atoms with E-state index in [4.69, 9.17) is 9.47 Å². The number of ketones is 1. The Hall–Kier alpha value is -2.45. The third kappa shape index (κ3) is 12.6. The van der Waals surface area contributed by atoms with Crippen molar-refractivity contribution >= 4 is 17.7 Å². The topological polar surface area (TPSA) is 78.5 Å². The Kier molecular flexibility index (Phi) is 20.8. The molecule has 46 heavy (non-hydrogen) atoms. The molecule has 0 amide bonds. The number of halogens is 2. The summed E-state index contributed by atoms with van der Waals surface area (Å²) in [6.45, 7) is 16.2. The lowest BCUT2D eigenvalue weighted by Gasteiger charge is -2.19. The minimum absolute atomic E-state index is 0. The maximum absolute atomic E-state index is 13.3. The molecule has 0 aromatic heterocycles. The van der Waals surface area contributed by atoms with E-state index in [1.165, 1.54) is 51.4 Å². The van der Waals surface area contributed by atoms with Gasteiger partial charge in [0.25, 0.3) is 0 Å². The first-order valence-corrected chi connectivity index (χ1v) is 17.3. The van der Waals surface area contributed by atoms with E-state index >= 15 is 0 Å². The van der Waals surface area contributed by atoms with Gasteiger partial charge in [-0.2, -0.15) is 0 Å². The Labute approximate surface area is 289 Å². The highest BCUT2D eigenvalue weighted by Crippen LogP contribution is 2.37. The van der Waals surface area contributed by atoms with E-state index in [0.29, 0.717) is 35.5 Å². The fraction of sp³-hybridized carbons (Fsp3) is 0.595. The minimum atomic E-state index is -0.408. The quantitative estimate of drug-likeness (QED) is 0.105. The summed E-state index contributed by atoms with van der Waals surface area (Å²) >= 11 is 0. The number of quaternary nitrogens is 2. The van der Waals surface area contributed by atoms with Crippen LogP contribution in [0, 0.1) is 0 Å². The summed E-state index contributed by atoms with van der Waals surface area (Å²) in [4.78, 5) is 42.1. The number of hydrogen-bond acceptors (Lipinski definition) is 5. The predicted molar refractivity (Wildman–Crippen MR) is 176 cm³/mol. The monoisotopic (exact) mass is 678 g/mol. The van der Waals surface area contributed by atoms with Crippen molar-refractivity contribution in [1.29, 1.82) is 0 Å². The number of rotatable bonds is 22. The van der Waals surface area contributed by atoms with E-state index in [-0.39, 0.29) is 30.6 Å². The molecule has 1 aliphatic rings. The lowest BCUT2D eigenvalue weighted by atomic mass is 10.0. The Morgan fingerprint density at radius 1 is 0.522 bits per heavy atom. The number of hydrogen-bond donors (Lipinski definition) is 2. The molecule has 3 rings (SSSR count). The van der Waals surface area contributed by atoms with Gasteiger partial charge in [0.15, 0.2) is 5.78 Å². The standard InChI is InChI=1S/C37H54N2O5.2ClH/c1-5-9-19-38(20-10-6-2)23-13-25-43-36(41)29-15-17-31-32-18-16-30(28-34(32)35(40)33(31)27-29)37(42)44-26-14-24-39(21-11-7-3)22-12-8-4;;/h15-18,27-28H,5-14,19-26H2,1-4H3;2*1H. The van der Waals surface area contributed by atoms with E-state index in [1.807, 2.05) is 0 Å². The Bertz CT molecular complexity index is 1110. The van der Waals surface area contributed by atoms with Gasteiger partial charge in [-0.15, -0.1) is 0 Å². The Morgan fingerprint density at radius 3 is 1.17 bits per heavy atom. The van der Waals surface area contributed by atoms with Gasteiger partial charge in [-0.3, -0.25) is 4.79 Å². The third-order valence-corrected chi connectivity index (χ3v) is 8.64. The Morgan fingerprint density at radius 2 is 0.848 bits per heavy atom. The zero-order valence-corrected chi connectivity index (χ0v) is 30.0. The summed E-state index contributed by atoms with van der Waals surface area (Å²) in [6, 6.07) is 10.3. The molecule has 258 valence electrons. The smallest absolute Gasteiger partial charge is 0.338 e. The van der Waals surface area contributed by atoms with Crippen molar-refractivity contribution in [2.75, 3.05) is 52.5 Å². The molecule has 0 spiro atoms. The molecule has 2 aromatic carbocycles. The lowest BCUT2D eigenvalue weighted by molar-refractivity contribution is -0.900. The predicted octanol–water partition coefficient (Wildman–Crippen LogP) is -1.03. The molecule has 7 nitrogen and oxygen atoms in total. The summed E-state index contributed by atoms with van der Waals surface area (Å²) in [5.74, 6) is -1.000. The van der Waals surface area contributed by atoms with Crippen LogP contribution in [0.1, 0.15) is 129 Å². The van der Waals surface area contributed by atoms with Crippen LogP contribution < -0.4 is 34.6 Å². The Balaban J connectivity index is 0.00000529. The molecule has 0 saturated heterocycles. The van der Waals surface area contributed by atoms with Crippen molar-refractivity contribution in [1.82, 2.24) is 0 Å². The number of benzene rings is 2. The molecule has 1 aliphatic carbocycles. The van der Waals surface area contributed by atoms with Crippen LogP contribution in [0.2, 0.25) is 0 Å². The van der Waals surface area contributed by atoms with Crippen molar-refractivity contribution in [2.24, 2.45) is 0 Å². The van der Waals surface area contributed by atoms with E-state index in [0.717, 1.165) is 63.2 Å². The summed E-state index contributed by atoms with van der Waals surface area (Å²) in [5, 5.41) is 0. The molecule has 2 aromatic rings. The van der Waals surface area contributed by atoms with Crippen LogP contribution in [0.15, 0.2) is 36.4 Å². The van der Waals surface area contributed by atoms with Crippen molar-refractivity contribution < 1.29 is 58.5 Å². The molecule has 2 N–H and O–H groups in total. The SMILES string of the molecule is CCCC[NH+](CCCC)CCCOC(=O)c1ccc2c(c1)C(=O)c1cc(C(=O)OCCC[NH+](CCCC)CCCC)ccc1-2.[Cl-].[Cl-]. The van der Waals surface area contributed by atoms with Gasteiger partial charge in [-0.1, -0.05) is 65.5 Å². The molecule has 0 aliphatic heterocycles. The average molecular weight is 680 g/mol. The average Bonchev–Trinajstić information content (AvgIpc) is 3.33. The molecule has 0 saturated carbocycles. The lowest BCUT2D eigenvalue weighted by Crippen LogP contribution is -3.12. The van der Waals surface area contributed by atoms with Gasteiger partial charge in [0.2, 0.25) is 0 Å². The largest absolute Gasteiger partial charge is 1.00 e. The van der Waals surface area contributed by atoms with Gasteiger partial charge < -0.3 is 44.1 Å². The second kappa shape index (κ2) is 23.0. The van der Waals surface area contributed by atoms with Gasteiger partial charge in [-0.05, 0) is 61.1 Å². The van der Waals surface area contributed by atoms with Crippen LogP contribution >= 0.6 is 0 Å². The van der Waals surface area contributed by atoms with Crippen molar-refractivity contribution in [2.45, 2.75) is 91.9 Å². The number of carbonyl (C=O) groups excluding carboxylic acids is 3. The van der Waals surface area contributed by atoms with Crippen LogP contribution in [-0.2, 0) is 9.47 Å². The second-order valence-corrected chi connectivity index (χ2v) is 12.2. The highest BCUT2D eigenvalue weighted by atomic mass is 35.5. The third-order valence-electron chi connectivity index (χ3n) is 8.64. The summed E-state index contributed by atoms with van der Waals surface area (Å²) in [5.41, 5.74) is 3.23. The van der Waals surface area contributed by atoms with E-state index in [2.05, 4.69) is 27.7 Å². The number of ether oxygens (including phenoxy) is 2. The summed E-state index contributed by atoms with van der Waals surface area (Å²) < 4.78 is 11.2. The normalized spacial score (nSPS) is 11.6. The van der Waals surface area contributed by atoms with E-state index in [9.17, 15) is 14.4 Å². The molecule has 0 radical (unpaired) electrons. The second-order valence-electron chi connectivity index (χ2n) is 12.2. The molecule has 0 unspecified atom stereocenters. The molecule has 0 atom stereocenters. The van der Waals surface area contributed by atoms with Gasteiger partial charge in [0.1, 0.15) is 0 Å². The number of fused-ring (bicyclic) bond motifs is 3. The van der Waals surface area contributed by atoms with Gasteiger partial charge in [0, 0.05) is 24.0 Å². The first kappa shape index (κ1) is 41.6. The first-order chi connectivity index (χ1) is 21.4. The first-order valence-electron chi connectivity index (χ1n) is 17.3. The summed E-state index contributed by atoms with van der Waals surface area (Å²) in [6.07, 6.45) is 11.3. The fourth-order valence-corrected chi connectivity index (χ4v) is 5.93. The molecule has 0 heterocycles. The zero-order valence-electron chi connectivity index (χ0n) is 28.5. The van der Waals surface area contributed by atoms with Crippen LogP contribution in [0.4, 0.5) is 0 Å². The minimum Gasteiger partial charge on any atom is -1.00 e. The molecular weight excluding hydrogens is 623 g/mol. The van der Waals surface area contributed by atoms with Crippen LogP contribution in [-0.4, -0.2) is 70.2 Å². The number of esters is 2. The maximum Gasteiger partial charge on any atom is 0.338 e. The molecule has 0 fully saturated rings. The molecule has 0 bridgehead atoms.